The van der Waals surface area contributed by atoms with Gasteiger partial charge >= 0.3 is 5.97 Å². The Morgan fingerprint density at radius 1 is 0.915 bits per heavy atom. The number of ether oxygens (including phenoxy) is 1. The second-order valence-electron chi connectivity index (χ2n) is 17.7. The van der Waals surface area contributed by atoms with Crippen LogP contribution in [0.15, 0.2) is 11.6 Å². The first-order valence-electron chi connectivity index (χ1n) is 19.9. The van der Waals surface area contributed by atoms with Crippen molar-refractivity contribution in [2.45, 2.75) is 162 Å². The number of hydrogen-bond acceptors (Lipinski definition) is 5. The van der Waals surface area contributed by atoms with Gasteiger partial charge in [0.25, 0.3) is 0 Å². The number of hydrogen-bond donors (Lipinski definition) is 2. The van der Waals surface area contributed by atoms with Gasteiger partial charge in [-0.1, -0.05) is 78.4 Å². The molecule has 0 aromatic carbocycles. The first-order valence-corrected chi connectivity index (χ1v) is 19.9. The fraction of sp³-hybridized carbons (Fsp3) is 0.902. The number of aliphatic hydroxyl groups excluding tert-OH is 2. The van der Waals surface area contributed by atoms with Crippen LogP contribution in [-0.2, 0) is 14.3 Å². The molecule has 0 aromatic rings. The Morgan fingerprint density at radius 2 is 1.68 bits per heavy atom. The molecule has 5 rings (SSSR count). The van der Waals surface area contributed by atoms with Crippen molar-refractivity contribution in [2.24, 2.45) is 52.3 Å². The van der Waals surface area contributed by atoms with Gasteiger partial charge < -0.3 is 19.8 Å². The van der Waals surface area contributed by atoms with E-state index < -0.39 is 0 Å². The van der Waals surface area contributed by atoms with E-state index in [1.54, 1.807) is 10.5 Å². The minimum absolute atomic E-state index is 0.0232. The maximum Gasteiger partial charge on any atom is 0.306 e. The van der Waals surface area contributed by atoms with E-state index in [9.17, 15) is 19.8 Å². The van der Waals surface area contributed by atoms with Crippen LogP contribution in [0.2, 0.25) is 0 Å². The van der Waals surface area contributed by atoms with Gasteiger partial charge in [-0.25, -0.2) is 0 Å². The number of fused-ring (bicyclic) bond motifs is 5. The van der Waals surface area contributed by atoms with Gasteiger partial charge in [0, 0.05) is 38.3 Å². The molecule has 0 bridgehead atoms. The quantitative estimate of drug-likeness (QED) is 0.105. The number of rotatable bonds is 15. The molecule has 4 fully saturated rings. The van der Waals surface area contributed by atoms with Crippen LogP contribution < -0.4 is 0 Å². The largest absolute Gasteiger partial charge is 0.462 e. The van der Waals surface area contributed by atoms with Gasteiger partial charge in [-0.3, -0.25) is 9.59 Å². The number of nitrogens with zero attached hydrogens (tertiary/aromatic N) is 1. The summed E-state index contributed by atoms with van der Waals surface area (Å²) in [5, 5.41) is 19.0. The Bertz CT molecular complexity index is 1090. The van der Waals surface area contributed by atoms with E-state index in [0.29, 0.717) is 31.2 Å². The number of allylic oxidation sites excluding steroid dienone is 1. The number of unbranched alkanes of at least 4 members (excludes halogenated alkanes) is 3. The highest BCUT2D eigenvalue weighted by Gasteiger charge is 2.59. The molecule has 0 radical (unpaired) electrons. The summed E-state index contributed by atoms with van der Waals surface area (Å²) in [5.74, 6) is 5.14. The topological polar surface area (TPSA) is 87.1 Å². The Morgan fingerprint density at radius 3 is 2.40 bits per heavy atom. The van der Waals surface area contributed by atoms with Crippen molar-refractivity contribution in [1.29, 1.82) is 0 Å². The average Bonchev–Trinajstić information content (AvgIpc) is 3.63. The Kier molecular flexibility index (Phi) is 12.6. The first kappa shape index (κ1) is 36.9. The number of carbonyl (C=O) groups excluding carboxylic acids is 2. The zero-order chi connectivity index (χ0) is 33.8. The van der Waals surface area contributed by atoms with Gasteiger partial charge in [0.1, 0.15) is 6.10 Å². The van der Waals surface area contributed by atoms with Gasteiger partial charge in [-0.2, -0.15) is 0 Å². The van der Waals surface area contributed by atoms with E-state index in [1.165, 1.54) is 51.4 Å². The molecule has 3 saturated carbocycles. The maximum atomic E-state index is 12.8. The summed E-state index contributed by atoms with van der Waals surface area (Å²) >= 11 is 0. The lowest BCUT2D eigenvalue weighted by Crippen LogP contribution is -2.51. The van der Waals surface area contributed by atoms with Crippen molar-refractivity contribution in [2.75, 3.05) is 19.8 Å². The number of carbonyl (C=O) groups is 2. The van der Waals surface area contributed by atoms with Crippen LogP contribution in [0.25, 0.3) is 0 Å². The molecule has 2 N–H and O–H groups in total. The number of aliphatic hydroxyl groups is 2. The maximum absolute atomic E-state index is 12.8. The zero-order valence-electron chi connectivity index (χ0n) is 30.7. The molecular weight excluding hydrogens is 586 g/mol. The van der Waals surface area contributed by atoms with Crippen molar-refractivity contribution in [3.63, 3.8) is 0 Å². The third kappa shape index (κ3) is 8.16. The molecule has 0 aromatic heterocycles. The SMILES string of the molecule is CC(C)CCCC(C)C1CCC2C3CC=C4C[C@@H](OC(=O)CCCCCCC(=O)N5C[C@H](CO)C[C@H]5CO)CC[C@]4(C)C3CC[C@]12C. The van der Waals surface area contributed by atoms with Crippen molar-refractivity contribution in [3.8, 4) is 0 Å². The molecule has 268 valence electrons. The van der Waals surface area contributed by atoms with E-state index in [1.807, 2.05) is 0 Å². The van der Waals surface area contributed by atoms with Crippen LogP contribution in [0.4, 0.5) is 0 Å². The fourth-order valence-corrected chi connectivity index (χ4v) is 11.7. The third-order valence-electron chi connectivity index (χ3n) is 14.4. The lowest BCUT2D eigenvalue weighted by molar-refractivity contribution is -0.151. The lowest BCUT2D eigenvalue weighted by Gasteiger charge is -2.58. The normalized spacial score (nSPS) is 37.2. The lowest BCUT2D eigenvalue weighted by atomic mass is 9.47. The minimum atomic E-state index is -0.158. The van der Waals surface area contributed by atoms with E-state index in [2.05, 4.69) is 40.7 Å². The van der Waals surface area contributed by atoms with Crippen LogP contribution in [-0.4, -0.2) is 58.9 Å². The molecule has 0 spiro atoms. The van der Waals surface area contributed by atoms with Crippen LogP contribution in [0.3, 0.4) is 0 Å². The van der Waals surface area contributed by atoms with Gasteiger partial charge in [0.15, 0.2) is 0 Å². The molecule has 4 aliphatic carbocycles. The van der Waals surface area contributed by atoms with Gasteiger partial charge in [0.05, 0.1) is 12.6 Å². The van der Waals surface area contributed by atoms with E-state index in [0.717, 1.165) is 80.5 Å². The molecule has 6 nitrogen and oxygen atoms in total. The van der Waals surface area contributed by atoms with E-state index >= 15 is 0 Å². The monoisotopic (exact) mass is 656 g/mol. The Hall–Kier alpha value is -1.40. The van der Waals surface area contributed by atoms with Gasteiger partial charge in [-0.05, 0) is 111 Å². The summed E-state index contributed by atoms with van der Waals surface area (Å²) in [6.07, 6.45) is 21.8. The molecule has 5 unspecified atom stereocenters. The standard InChI is InChI=1S/C41H69NO5/c1-28(2)11-10-12-29(3)35-17-18-36-34-16-15-31-24-33(19-21-40(31,4)37(34)20-22-41(35,36)5)47-39(46)14-9-7-6-8-13-38(45)42-25-30(26-43)23-32(42)27-44/h15,28-30,32-37,43-44H,6-14,16-27H2,1-5H3/t29?,30-,32+,33+,34?,35?,36?,37?,40+,41-/m1/s1. The average molecular weight is 656 g/mol. The molecule has 1 aliphatic heterocycles. The molecule has 1 saturated heterocycles. The summed E-state index contributed by atoms with van der Waals surface area (Å²) in [4.78, 5) is 27.2. The van der Waals surface area contributed by atoms with Crippen LogP contribution >= 0.6 is 0 Å². The highest BCUT2D eigenvalue weighted by atomic mass is 16.5. The van der Waals surface area contributed by atoms with Gasteiger partial charge in [0.2, 0.25) is 5.91 Å². The Labute approximate surface area is 286 Å². The van der Waals surface area contributed by atoms with E-state index in [4.69, 9.17) is 4.74 Å². The second kappa shape index (κ2) is 16.1. The van der Waals surface area contributed by atoms with Crippen molar-refractivity contribution in [3.05, 3.63) is 11.6 Å². The summed E-state index contributed by atoms with van der Waals surface area (Å²) in [6, 6.07) is -0.158. The zero-order valence-corrected chi connectivity index (χ0v) is 30.7. The molecule has 1 amide bonds. The van der Waals surface area contributed by atoms with Crippen molar-refractivity contribution < 1.29 is 24.5 Å². The smallest absolute Gasteiger partial charge is 0.306 e. The van der Waals surface area contributed by atoms with Crippen molar-refractivity contribution >= 4 is 11.9 Å². The fourth-order valence-electron chi connectivity index (χ4n) is 11.7. The second-order valence-corrected chi connectivity index (χ2v) is 17.7. The van der Waals surface area contributed by atoms with Crippen LogP contribution in [0, 0.1) is 52.3 Å². The molecular formula is C41H69NO5. The highest BCUT2D eigenvalue weighted by molar-refractivity contribution is 5.76. The summed E-state index contributed by atoms with van der Waals surface area (Å²) < 4.78 is 6.07. The predicted molar refractivity (Wildman–Crippen MR) is 188 cm³/mol. The number of amides is 1. The number of likely N-dealkylation sites (tertiary alicyclic amines) is 1. The molecule has 10 atom stereocenters. The molecule has 6 heteroatoms. The molecule has 1 heterocycles. The highest BCUT2D eigenvalue weighted by Crippen LogP contribution is 2.67. The van der Waals surface area contributed by atoms with Crippen LogP contribution in [0.5, 0.6) is 0 Å². The molecule has 47 heavy (non-hydrogen) atoms. The van der Waals surface area contributed by atoms with Crippen LogP contribution in [0.1, 0.15) is 150 Å². The summed E-state index contributed by atoms with van der Waals surface area (Å²) in [5.41, 5.74) is 2.37. The molecule has 5 aliphatic rings. The summed E-state index contributed by atoms with van der Waals surface area (Å²) in [7, 11) is 0. The minimum Gasteiger partial charge on any atom is -0.462 e. The van der Waals surface area contributed by atoms with Crippen molar-refractivity contribution in [1.82, 2.24) is 4.90 Å². The van der Waals surface area contributed by atoms with E-state index in [-0.39, 0.29) is 48.6 Å². The van der Waals surface area contributed by atoms with Gasteiger partial charge in [-0.15, -0.1) is 0 Å². The Balaban J connectivity index is 1.03. The summed E-state index contributed by atoms with van der Waals surface area (Å²) in [6.45, 7) is 13.1. The third-order valence-corrected chi connectivity index (χ3v) is 14.4. The predicted octanol–water partition coefficient (Wildman–Crippen LogP) is 8.48. The first-order chi connectivity index (χ1) is 22.5. The number of esters is 1.